The molecule has 3 rings (SSSR count). The largest absolute Gasteiger partial charge is 0.356 e. The molecule has 1 amide bonds. The van der Waals surface area contributed by atoms with E-state index in [2.05, 4.69) is 10.2 Å². The number of halogens is 1. The van der Waals surface area contributed by atoms with Crippen LogP contribution in [0, 0.1) is 11.2 Å². The number of nitrogens with zero attached hydrogens (tertiary/aromatic N) is 1. The van der Waals surface area contributed by atoms with Crippen LogP contribution in [0.15, 0.2) is 24.3 Å². The Hall–Kier alpha value is -1.42. The van der Waals surface area contributed by atoms with Crippen LogP contribution in [-0.2, 0) is 11.3 Å². The minimum absolute atomic E-state index is 0.183. The molecule has 2 fully saturated rings. The Labute approximate surface area is 112 Å². The fourth-order valence-electron chi connectivity index (χ4n) is 3.14. The molecule has 0 radical (unpaired) electrons. The number of carbonyl (C=O) groups is 1. The van der Waals surface area contributed by atoms with Gasteiger partial charge in [0.2, 0.25) is 5.91 Å². The van der Waals surface area contributed by atoms with E-state index < -0.39 is 0 Å². The second-order valence-corrected chi connectivity index (χ2v) is 5.86. The van der Waals surface area contributed by atoms with Crippen LogP contribution in [0.1, 0.15) is 24.8 Å². The lowest BCUT2D eigenvalue weighted by atomic mass is 9.77. The van der Waals surface area contributed by atoms with Crippen LogP contribution < -0.4 is 5.32 Å². The summed E-state index contributed by atoms with van der Waals surface area (Å²) in [6.07, 6.45) is 2.84. The molecular formula is C15H19FN2O. The van der Waals surface area contributed by atoms with E-state index in [1.54, 1.807) is 0 Å². The van der Waals surface area contributed by atoms with Crippen LogP contribution in [0.3, 0.4) is 0 Å². The van der Waals surface area contributed by atoms with Gasteiger partial charge in [-0.3, -0.25) is 9.69 Å². The Morgan fingerprint density at radius 3 is 2.47 bits per heavy atom. The summed E-state index contributed by atoms with van der Waals surface area (Å²) < 4.78 is 12.8. The highest BCUT2D eigenvalue weighted by molar-refractivity contribution is 5.79. The number of carbonyl (C=O) groups excluding carboxylic acids is 1. The van der Waals surface area contributed by atoms with Gasteiger partial charge in [0.15, 0.2) is 0 Å². The van der Waals surface area contributed by atoms with E-state index in [1.807, 2.05) is 12.1 Å². The molecule has 2 heterocycles. The fourth-order valence-corrected chi connectivity index (χ4v) is 3.14. The zero-order valence-corrected chi connectivity index (χ0v) is 11.0. The Kier molecular flexibility index (Phi) is 3.27. The van der Waals surface area contributed by atoms with Crippen LogP contribution >= 0.6 is 0 Å². The van der Waals surface area contributed by atoms with Gasteiger partial charge in [-0.2, -0.15) is 0 Å². The number of piperidine rings is 1. The number of benzene rings is 1. The van der Waals surface area contributed by atoms with Gasteiger partial charge in [-0.25, -0.2) is 4.39 Å². The van der Waals surface area contributed by atoms with Crippen molar-refractivity contribution < 1.29 is 9.18 Å². The normalized spacial score (nSPS) is 22.7. The maximum Gasteiger partial charge on any atom is 0.220 e. The van der Waals surface area contributed by atoms with Crippen molar-refractivity contribution in [1.29, 1.82) is 0 Å². The molecule has 0 saturated carbocycles. The molecule has 0 atom stereocenters. The Morgan fingerprint density at radius 1 is 1.21 bits per heavy atom. The van der Waals surface area contributed by atoms with Crippen molar-refractivity contribution in [3.63, 3.8) is 0 Å². The first-order valence-electron chi connectivity index (χ1n) is 6.89. The summed E-state index contributed by atoms with van der Waals surface area (Å²) in [7, 11) is 0. The number of rotatable bonds is 2. The van der Waals surface area contributed by atoms with Crippen molar-refractivity contribution in [2.45, 2.75) is 25.8 Å². The molecule has 1 spiro atoms. The summed E-state index contributed by atoms with van der Waals surface area (Å²) in [5.74, 6) is 0.0175. The summed E-state index contributed by atoms with van der Waals surface area (Å²) in [5.41, 5.74) is 1.36. The van der Waals surface area contributed by atoms with Gasteiger partial charge in [0.25, 0.3) is 0 Å². The van der Waals surface area contributed by atoms with Crippen molar-refractivity contribution in [2.75, 3.05) is 19.6 Å². The molecular weight excluding hydrogens is 243 g/mol. The molecule has 1 aromatic carbocycles. The molecule has 0 aromatic heterocycles. The van der Waals surface area contributed by atoms with Crippen molar-refractivity contribution in [3.8, 4) is 0 Å². The van der Waals surface area contributed by atoms with Crippen LogP contribution in [-0.4, -0.2) is 30.4 Å². The first kappa shape index (κ1) is 12.6. The summed E-state index contributed by atoms with van der Waals surface area (Å²) in [6, 6.07) is 6.72. The maximum atomic E-state index is 12.8. The molecule has 19 heavy (non-hydrogen) atoms. The minimum Gasteiger partial charge on any atom is -0.356 e. The van der Waals surface area contributed by atoms with Gasteiger partial charge in [-0.15, -0.1) is 0 Å². The van der Waals surface area contributed by atoms with E-state index >= 15 is 0 Å². The Balaban J connectivity index is 1.56. The number of likely N-dealkylation sites (tertiary alicyclic amines) is 1. The molecule has 2 aliphatic heterocycles. The molecule has 0 unspecified atom stereocenters. The zero-order chi connectivity index (χ0) is 13.3. The minimum atomic E-state index is -0.183. The average Bonchev–Trinajstić information content (AvgIpc) is 2.77. The first-order chi connectivity index (χ1) is 9.15. The summed E-state index contributed by atoms with van der Waals surface area (Å²) in [4.78, 5) is 13.8. The molecule has 0 aliphatic carbocycles. The van der Waals surface area contributed by atoms with Gasteiger partial charge < -0.3 is 5.32 Å². The quantitative estimate of drug-likeness (QED) is 0.883. The molecule has 0 bridgehead atoms. The molecule has 2 aliphatic rings. The summed E-state index contributed by atoms with van der Waals surface area (Å²) in [5, 5.41) is 2.95. The predicted octanol–water partition coefficient (Wildman–Crippen LogP) is 1.93. The van der Waals surface area contributed by atoms with Crippen LogP contribution in [0.4, 0.5) is 4.39 Å². The van der Waals surface area contributed by atoms with Gasteiger partial charge in [0.05, 0.1) is 0 Å². The van der Waals surface area contributed by atoms with E-state index in [4.69, 9.17) is 0 Å². The van der Waals surface area contributed by atoms with Gasteiger partial charge in [0, 0.05) is 19.5 Å². The SMILES string of the molecule is O=C1CC2(CCN(Cc3ccc(F)cc3)CC2)CN1. The third-order valence-corrected chi connectivity index (χ3v) is 4.43. The molecule has 102 valence electrons. The van der Waals surface area contributed by atoms with E-state index in [-0.39, 0.29) is 17.1 Å². The summed E-state index contributed by atoms with van der Waals surface area (Å²) >= 11 is 0. The second-order valence-electron chi connectivity index (χ2n) is 5.86. The van der Waals surface area contributed by atoms with E-state index in [0.29, 0.717) is 6.42 Å². The first-order valence-corrected chi connectivity index (χ1v) is 6.89. The maximum absolute atomic E-state index is 12.8. The monoisotopic (exact) mass is 262 g/mol. The zero-order valence-electron chi connectivity index (χ0n) is 11.0. The van der Waals surface area contributed by atoms with Crippen molar-refractivity contribution >= 4 is 5.91 Å². The average molecular weight is 262 g/mol. The van der Waals surface area contributed by atoms with E-state index in [1.165, 1.54) is 12.1 Å². The molecule has 3 nitrogen and oxygen atoms in total. The van der Waals surface area contributed by atoms with Gasteiger partial charge >= 0.3 is 0 Å². The van der Waals surface area contributed by atoms with Crippen LogP contribution in [0.25, 0.3) is 0 Å². The second kappa shape index (κ2) is 4.93. The van der Waals surface area contributed by atoms with Crippen molar-refractivity contribution in [1.82, 2.24) is 10.2 Å². The third-order valence-electron chi connectivity index (χ3n) is 4.43. The highest BCUT2D eigenvalue weighted by atomic mass is 19.1. The number of nitrogens with one attached hydrogen (secondary N) is 1. The lowest BCUT2D eigenvalue weighted by Crippen LogP contribution is -2.40. The van der Waals surface area contributed by atoms with Crippen molar-refractivity contribution in [2.24, 2.45) is 5.41 Å². The van der Waals surface area contributed by atoms with Crippen molar-refractivity contribution in [3.05, 3.63) is 35.6 Å². The van der Waals surface area contributed by atoms with E-state index in [0.717, 1.165) is 44.6 Å². The molecule has 4 heteroatoms. The van der Waals surface area contributed by atoms with Crippen LogP contribution in [0.2, 0.25) is 0 Å². The highest BCUT2D eigenvalue weighted by Crippen LogP contribution is 2.37. The molecule has 1 N–H and O–H groups in total. The fraction of sp³-hybridized carbons (Fsp3) is 0.533. The standard InChI is InChI=1S/C15H19FN2O/c16-13-3-1-12(2-4-13)10-18-7-5-15(6-8-18)9-14(19)17-11-15/h1-4H,5-11H2,(H,17,19). The number of hydrogen-bond donors (Lipinski definition) is 1. The molecule has 2 saturated heterocycles. The number of hydrogen-bond acceptors (Lipinski definition) is 2. The predicted molar refractivity (Wildman–Crippen MR) is 71.0 cm³/mol. The van der Waals surface area contributed by atoms with Gasteiger partial charge in [-0.1, -0.05) is 12.1 Å². The Morgan fingerprint density at radius 2 is 1.89 bits per heavy atom. The Bertz CT molecular complexity index is 464. The number of amides is 1. The third kappa shape index (κ3) is 2.78. The van der Waals surface area contributed by atoms with Crippen LogP contribution in [0.5, 0.6) is 0 Å². The van der Waals surface area contributed by atoms with Gasteiger partial charge in [0.1, 0.15) is 5.82 Å². The smallest absolute Gasteiger partial charge is 0.220 e. The highest BCUT2D eigenvalue weighted by Gasteiger charge is 2.40. The lowest BCUT2D eigenvalue weighted by molar-refractivity contribution is -0.119. The van der Waals surface area contributed by atoms with Gasteiger partial charge in [-0.05, 0) is 49.0 Å². The summed E-state index contributed by atoms with van der Waals surface area (Å²) in [6.45, 7) is 3.76. The molecule has 1 aromatic rings. The topological polar surface area (TPSA) is 32.3 Å². The van der Waals surface area contributed by atoms with E-state index in [9.17, 15) is 9.18 Å². The lowest BCUT2D eigenvalue weighted by Gasteiger charge is -2.38.